The van der Waals surface area contributed by atoms with Gasteiger partial charge >= 0.3 is 5.97 Å². The number of esters is 1. The third kappa shape index (κ3) is 5.25. The number of ether oxygens (including phenoxy) is 1. The van der Waals surface area contributed by atoms with Crippen LogP contribution in [-0.4, -0.2) is 44.9 Å². The zero-order chi connectivity index (χ0) is 24.1. The number of thiophene rings is 1. The number of hydrogen-bond acceptors (Lipinski definition) is 8. The quantitative estimate of drug-likeness (QED) is 0.348. The molecule has 0 fully saturated rings. The molecule has 0 spiro atoms. The van der Waals surface area contributed by atoms with Crippen LogP contribution in [0.1, 0.15) is 45.0 Å². The van der Waals surface area contributed by atoms with Crippen molar-refractivity contribution in [2.45, 2.75) is 39.4 Å². The van der Waals surface area contributed by atoms with Crippen molar-refractivity contribution in [2.75, 3.05) is 17.7 Å². The summed E-state index contributed by atoms with van der Waals surface area (Å²) in [5.74, 6) is -0.862. The summed E-state index contributed by atoms with van der Waals surface area (Å²) in [4.78, 5) is 37.0. The Kier molecular flexibility index (Phi) is 7.88. The third-order valence-corrected chi connectivity index (χ3v) is 7.04. The predicted molar refractivity (Wildman–Crippen MR) is 129 cm³/mol. The van der Waals surface area contributed by atoms with E-state index in [1.54, 1.807) is 13.8 Å². The first kappa shape index (κ1) is 24.5. The summed E-state index contributed by atoms with van der Waals surface area (Å²) < 4.78 is 7.02. The van der Waals surface area contributed by atoms with E-state index < -0.39 is 11.9 Å². The van der Waals surface area contributed by atoms with Gasteiger partial charge in [0.15, 0.2) is 11.0 Å². The first-order valence-electron chi connectivity index (χ1n) is 10.3. The average Bonchev–Trinajstić information content (AvgIpc) is 3.33. The Labute approximate surface area is 199 Å². The number of hydrogen-bond donors (Lipinski definition) is 2. The van der Waals surface area contributed by atoms with Crippen molar-refractivity contribution in [3.63, 3.8) is 0 Å². The zero-order valence-electron chi connectivity index (χ0n) is 18.8. The van der Waals surface area contributed by atoms with E-state index in [0.717, 1.165) is 28.3 Å². The molecular weight excluding hydrogens is 462 g/mol. The fraction of sp³-hybridized carbons (Fsp3) is 0.318. The third-order valence-electron chi connectivity index (χ3n) is 4.85. The van der Waals surface area contributed by atoms with Crippen LogP contribution in [0, 0.1) is 13.8 Å². The second kappa shape index (κ2) is 10.6. The number of rotatable bonds is 9. The molecule has 0 aliphatic rings. The minimum atomic E-state index is -0.669. The van der Waals surface area contributed by atoms with E-state index in [1.807, 2.05) is 42.7 Å². The molecule has 174 valence electrons. The summed E-state index contributed by atoms with van der Waals surface area (Å²) in [6, 6.07) is 7.90. The van der Waals surface area contributed by atoms with Gasteiger partial charge in [-0.3, -0.25) is 9.59 Å². The predicted octanol–water partition coefficient (Wildman–Crippen LogP) is 3.65. The summed E-state index contributed by atoms with van der Waals surface area (Å²) in [6.45, 7) is 8.08. The minimum Gasteiger partial charge on any atom is -0.462 e. The molecule has 0 aliphatic heterocycles. The fourth-order valence-corrected chi connectivity index (χ4v) is 5.15. The van der Waals surface area contributed by atoms with Crippen molar-refractivity contribution < 1.29 is 19.1 Å². The molecule has 1 aromatic carbocycles. The van der Waals surface area contributed by atoms with Crippen molar-refractivity contribution in [2.24, 2.45) is 5.73 Å². The van der Waals surface area contributed by atoms with Crippen molar-refractivity contribution in [3.05, 3.63) is 45.8 Å². The van der Waals surface area contributed by atoms with E-state index in [2.05, 4.69) is 15.5 Å². The molecule has 2 amide bonds. The maximum absolute atomic E-state index is 12.7. The second-order valence-corrected chi connectivity index (χ2v) is 9.01. The number of primary amides is 1. The van der Waals surface area contributed by atoms with Crippen molar-refractivity contribution >= 4 is 45.9 Å². The Bertz CT molecular complexity index is 1200. The molecule has 0 saturated carbocycles. The number of nitrogens with zero attached hydrogens (tertiary/aromatic N) is 3. The summed E-state index contributed by atoms with van der Waals surface area (Å²) in [5.41, 5.74) is 8.01. The number of aryl methyl sites for hydroxylation is 1. The number of amides is 2. The van der Waals surface area contributed by atoms with Crippen LogP contribution in [0.25, 0.3) is 11.4 Å². The number of benzene rings is 1. The lowest BCUT2D eigenvalue weighted by Gasteiger charge is -2.09. The lowest BCUT2D eigenvalue weighted by Crippen LogP contribution is -2.17. The van der Waals surface area contributed by atoms with E-state index in [4.69, 9.17) is 10.5 Å². The monoisotopic (exact) mass is 487 g/mol. The highest BCUT2D eigenvalue weighted by atomic mass is 32.2. The van der Waals surface area contributed by atoms with E-state index in [0.29, 0.717) is 17.3 Å². The van der Waals surface area contributed by atoms with Crippen LogP contribution in [0.3, 0.4) is 0 Å². The van der Waals surface area contributed by atoms with Gasteiger partial charge in [-0.2, -0.15) is 0 Å². The Hall–Kier alpha value is -3.18. The van der Waals surface area contributed by atoms with Crippen LogP contribution < -0.4 is 11.1 Å². The molecule has 2 heterocycles. The maximum Gasteiger partial charge on any atom is 0.341 e. The Balaban J connectivity index is 1.78. The van der Waals surface area contributed by atoms with Crippen LogP contribution in [0.2, 0.25) is 0 Å². The van der Waals surface area contributed by atoms with Crippen LogP contribution in [-0.2, 0) is 16.1 Å². The van der Waals surface area contributed by atoms with Gasteiger partial charge in [-0.15, -0.1) is 21.5 Å². The van der Waals surface area contributed by atoms with Gasteiger partial charge in [0, 0.05) is 12.1 Å². The largest absolute Gasteiger partial charge is 0.462 e. The SMILES string of the molecule is CCOC(=O)c1c(NC(=O)CSc2nnc(-c3ccccc3C)n2CC)sc(C(N)=O)c1C. The number of carbonyl (C=O) groups excluding carboxylic acids is 3. The first-order valence-corrected chi connectivity index (χ1v) is 12.1. The number of nitrogens with one attached hydrogen (secondary N) is 1. The molecule has 3 rings (SSSR count). The van der Waals surface area contributed by atoms with Crippen molar-refractivity contribution in [1.82, 2.24) is 14.8 Å². The van der Waals surface area contributed by atoms with Gasteiger partial charge in [0.2, 0.25) is 5.91 Å². The number of thioether (sulfide) groups is 1. The topological polar surface area (TPSA) is 129 Å². The highest BCUT2D eigenvalue weighted by molar-refractivity contribution is 7.99. The van der Waals surface area contributed by atoms with Crippen LogP contribution in [0.15, 0.2) is 29.4 Å². The Morgan fingerprint density at radius 1 is 1.18 bits per heavy atom. The number of anilines is 1. The lowest BCUT2D eigenvalue weighted by molar-refractivity contribution is -0.113. The summed E-state index contributed by atoms with van der Waals surface area (Å²) in [5, 5.41) is 12.1. The molecule has 11 heteroatoms. The normalized spacial score (nSPS) is 10.8. The number of aromatic nitrogens is 3. The molecule has 3 aromatic rings. The first-order chi connectivity index (χ1) is 15.8. The smallest absolute Gasteiger partial charge is 0.341 e. The molecule has 33 heavy (non-hydrogen) atoms. The molecular formula is C22H25N5O4S2. The minimum absolute atomic E-state index is 0.0387. The van der Waals surface area contributed by atoms with Gasteiger partial charge in [0.25, 0.3) is 5.91 Å². The average molecular weight is 488 g/mol. The number of nitrogens with two attached hydrogens (primary N) is 1. The molecule has 0 bridgehead atoms. The zero-order valence-corrected chi connectivity index (χ0v) is 20.4. The van der Waals surface area contributed by atoms with E-state index >= 15 is 0 Å². The van der Waals surface area contributed by atoms with Crippen molar-refractivity contribution in [1.29, 1.82) is 0 Å². The standard InChI is InChI=1S/C22H25N5O4S2/c1-5-27-19(14-10-8-7-9-12(14)3)25-26-22(27)32-11-15(28)24-20-16(21(30)31-6-2)13(4)17(33-20)18(23)29/h7-10H,5-6,11H2,1-4H3,(H2,23,29)(H,24,28). The van der Waals surface area contributed by atoms with Gasteiger partial charge < -0.3 is 20.4 Å². The summed E-state index contributed by atoms with van der Waals surface area (Å²) >= 11 is 2.20. The highest BCUT2D eigenvalue weighted by Gasteiger charge is 2.26. The fourth-order valence-electron chi connectivity index (χ4n) is 3.28. The molecule has 2 aromatic heterocycles. The van der Waals surface area contributed by atoms with Gasteiger partial charge in [0.1, 0.15) is 5.00 Å². The summed E-state index contributed by atoms with van der Waals surface area (Å²) in [6.07, 6.45) is 0. The van der Waals surface area contributed by atoms with Crippen molar-refractivity contribution in [3.8, 4) is 11.4 Å². The lowest BCUT2D eigenvalue weighted by atomic mass is 10.1. The second-order valence-electron chi connectivity index (χ2n) is 7.05. The molecule has 3 N–H and O–H groups in total. The van der Waals surface area contributed by atoms with Gasteiger partial charge in [-0.05, 0) is 38.8 Å². The maximum atomic E-state index is 12.7. The Morgan fingerprint density at radius 2 is 1.91 bits per heavy atom. The van der Waals surface area contributed by atoms with E-state index in [9.17, 15) is 14.4 Å². The van der Waals surface area contributed by atoms with E-state index in [1.165, 1.54) is 11.8 Å². The highest BCUT2D eigenvalue weighted by Crippen LogP contribution is 2.34. The van der Waals surface area contributed by atoms with Gasteiger partial charge in [0.05, 0.1) is 22.8 Å². The molecule has 0 aliphatic carbocycles. The van der Waals surface area contributed by atoms with Crippen LogP contribution in [0.4, 0.5) is 5.00 Å². The molecule has 9 nitrogen and oxygen atoms in total. The van der Waals surface area contributed by atoms with Crippen LogP contribution in [0.5, 0.6) is 0 Å². The van der Waals surface area contributed by atoms with E-state index in [-0.39, 0.29) is 33.7 Å². The Morgan fingerprint density at radius 3 is 2.55 bits per heavy atom. The van der Waals surface area contributed by atoms with Gasteiger partial charge in [-0.25, -0.2) is 4.79 Å². The summed E-state index contributed by atoms with van der Waals surface area (Å²) in [7, 11) is 0. The molecule has 0 unspecified atom stereocenters. The molecule has 0 radical (unpaired) electrons. The molecule has 0 saturated heterocycles. The van der Waals surface area contributed by atoms with Crippen LogP contribution >= 0.6 is 23.1 Å². The number of carbonyl (C=O) groups is 3. The molecule has 0 atom stereocenters. The van der Waals surface area contributed by atoms with Gasteiger partial charge in [-0.1, -0.05) is 36.0 Å².